The van der Waals surface area contributed by atoms with Gasteiger partial charge in [0.05, 0.1) is 5.54 Å². The third-order valence-corrected chi connectivity index (χ3v) is 5.43. The minimum atomic E-state index is -0.237. The first-order valence-corrected chi connectivity index (χ1v) is 9.13. The molecule has 6 heteroatoms. The second-order valence-electron chi connectivity index (χ2n) is 6.35. The Balaban J connectivity index is 1.46. The number of nitrogens with one attached hydrogen (secondary N) is 1. The Morgan fingerprint density at radius 1 is 1.35 bits per heavy atom. The molecule has 1 amide bonds. The van der Waals surface area contributed by atoms with E-state index in [0.717, 1.165) is 22.1 Å². The van der Waals surface area contributed by atoms with Gasteiger partial charge in [-0.25, -0.2) is 0 Å². The molecule has 1 aliphatic carbocycles. The highest BCUT2D eigenvalue weighted by Crippen LogP contribution is 2.39. The number of hydrogen-bond acceptors (Lipinski definition) is 5. The molecular weight excluding hydrogens is 312 g/mol. The van der Waals surface area contributed by atoms with E-state index >= 15 is 0 Å². The molecule has 126 valence electrons. The molecule has 0 aromatic heterocycles. The SMILES string of the molecule is CC(CN)(NC(=O)CCSc1ccc2c(c1)OCCO2)C1CC1. The predicted molar refractivity (Wildman–Crippen MR) is 91.1 cm³/mol. The Labute approximate surface area is 141 Å². The van der Waals surface area contributed by atoms with Crippen LogP contribution >= 0.6 is 11.8 Å². The fraction of sp³-hybridized carbons (Fsp3) is 0.588. The van der Waals surface area contributed by atoms with Gasteiger partial charge in [0.1, 0.15) is 13.2 Å². The fourth-order valence-corrected chi connectivity index (χ4v) is 3.67. The van der Waals surface area contributed by atoms with Crippen molar-refractivity contribution in [3.63, 3.8) is 0 Å². The van der Waals surface area contributed by atoms with Crippen LogP contribution in [0.3, 0.4) is 0 Å². The lowest BCUT2D eigenvalue weighted by Gasteiger charge is -2.29. The van der Waals surface area contributed by atoms with Gasteiger partial charge in [0.15, 0.2) is 11.5 Å². The molecule has 1 aromatic rings. The average Bonchev–Trinajstić information content (AvgIpc) is 3.40. The molecule has 3 N–H and O–H groups in total. The smallest absolute Gasteiger partial charge is 0.221 e. The Bertz CT molecular complexity index is 577. The van der Waals surface area contributed by atoms with Gasteiger partial charge in [-0.3, -0.25) is 4.79 Å². The van der Waals surface area contributed by atoms with Crippen LogP contribution in [0.15, 0.2) is 23.1 Å². The van der Waals surface area contributed by atoms with Crippen molar-refractivity contribution in [3.05, 3.63) is 18.2 Å². The summed E-state index contributed by atoms with van der Waals surface area (Å²) in [5.41, 5.74) is 5.60. The highest BCUT2D eigenvalue weighted by molar-refractivity contribution is 7.99. The second-order valence-corrected chi connectivity index (χ2v) is 7.52. The minimum absolute atomic E-state index is 0.0786. The van der Waals surface area contributed by atoms with Gasteiger partial charge in [-0.2, -0.15) is 0 Å². The van der Waals surface area contributed by atoms with Gasteiger partial charge in [0, 0.05) is 23.6 Å². The van der Waals surface area contributed by atoms with Gasteiger partial charge in [0.2, 0.25) is 5.91 Å². The maximum Gasteiger partial charge on any atom is 0.221 e. The van der Waals surface area contributed by atoms with Gasteiger partial charge in [0.25, 0.3) is 0 Å². The van der Waals surface area contributed by atoms with E-state index in [4.69, 9.17) is 15.2 Å². The number of ether oxygens (including phenoxy) is 2. The zero-order chi connectivity index (χ0) is 16.3. The highest BCUT2D eigenvalue weighted by Gasteiger charge is 2.41. The Kier molecular flexibility index (Phi) is 5.02. The number of hydrogen-bond donors (Lipinski definition) is 2. The summed E-state index contributed by atoms with van der Waals surface area (Å²) in [7, 11) is 0. The van der Waals surface area contributed by atoms with Gasteiger partial charge < -0.3 is 20.5 Å². The van der Waals surface area contributed by atoms with Gasteiger partial charge >= 0.3 is 0 Å². The molecule has 1 atom stereocenters. The normalized spacial score (nSPS) is 19.0. The van der Waals surface area contributed by atoms with E-state index in [1.807, 2.05) is 18.2 Å². The summed E-state index contributed by atoms with van der Waals surface area (Å²) in [6, 6.07) is 5.91. The molecular formula is C17H24N2O3S. The van der Waals surface area contributed by atoms with Crippen molar-refractivity contribution < 1.29 is 14.3 Å². The second kappa shape index (κ2) is 7.01. The summed E-state index contributed by atoms with van der Waals surface area (Å²) in [5.74, 6) is 2.94. The maximum atomic E-state index is 12.1. The van der Waals surface area contributed by atoms with Crippen LogP contribution in [0.4, 0.5) is 0 Å². The quantitative estimate of drug-likeness (QED) is 0.747. The average molecular weight is 336 g/mol. The summed E-state index contributed by atoms with van der Waals surface area (Å²) >= 11 is 1.65. The van der Waals surface area contributed by atoms with Crippen molar-refractivity contribution in [2.24, 2.45) is 11.7 Å². The minimum Gasteiger partial charge on any atom is -0.486 e. The zero-order valence-electron chi connectivity index (χ0n) is 13.5. The van der Waals surface area contributed by atoms with Crippen molar-refractivity contribution in [3.8, 4) is 11.5 Å². The standard InChI is InChI=1S/C17H24N2O3S/c1-17(11-18,12-2-3-12)19-16(20)6-9-23-13-4-5-14-15(10-13)22-8-7-21-14/h4-5,10,12H,2-3,6-9,11,18H2,1H3,(H,19,20). The fourth-order valence-electron chi connectivity index (χ4n) is 2.80. The van der Waals surface area contributed by atoms with Crippen LogP contribution < -0.4 is 20.5 Å². The number of amides is 1. The molecule has 23 heavy (non-hydrogen) atoms. The lowest BCUT2D eigenvalue weighted by Crippen LogP contribution is -2.53. The number of fused-ring (bicyclic) bond motifs is 1. The van der Waals surface area contributed by atoms with Crippen LogP contribution in [0.25, 0.3) is 0 Å². The molecule has 0 saturated heterocycles. The van der Waals surface area contributed by atoms with E-state index in [1.165, 1.54) is 12.8 Å². The number of carbonyl (C=O) groups excluding carboxylic acids is 1. The molecule has 1 aliphatic heterocycles. The first-order chi connectivity index (χ1) is 11.1. The van der Waals surface area contributed by atoms with Gasteiger partial charge in [-0.15, -0.1) is 11.8 Å². The topological polar surface area (TPSA) is 73.6 Å². The number of nitrogens with two attached hydrogens (primary N) is 1. The lowest BCUT2D eigenvalue weighted by atomic mass is 9.96. The summed E-state index contributed by atoms with van der Waals surface area (Å²) in [6.07, 6.45) is 2.82. The first-order valence-electron chi connectivity index (χ1n) is 8.14. The first kappa shape index (κ1) is 16.5. The molecule has 0 radical (unpaired) electrons. The van der Waals surface area contributed by atoms with Crippen molar-refractivity contribution >= 4 is 17.7 Å². The maximum absolute atomic E-state index is 12.1. The molecule has 1 heterocycles. The molecule has 0 spiro atoms. The van der Waals surface area contributed by atoms with E-state index in [-0.39, 0.29) is 11.4 Å². The van der Waals surface area contributed by atoms with E-state index < -0.39 is 0 Å². The third kappa shape index (κ3) is 4.12. The van der Waals surface area contributed by atoms with Crippen molar-refractivity contribution in [1.29, 1.82) is 0 Å². The van der Waals surface area contributed by atoms with E-state index in [1.54, 1.807) is 11.8 Å². The zero-order valence-corrected chi connectivity index (χ0v) is 14.3. The van der Waals surface area contributed by atoms with Crippen molar-refractivity contribution in [2.45, 2.75) is 36.6 Å². The van der Waals surface area contributed by atoms with Crippen LogP contribution in [-0.4, -0.2) is 37.0 Å². The molecule has 1 unspecified atom stereocenters. The summed E-state index contributed by atoms with van der Waals surface area (Å²) < 4.78 is 11.1. The lowest BCUT2D eigenvalue weighted by molar-refractivity contribution is -0.122. The number of benzene rings is 1. The summed E-state index contributed by atoms with van der Waals surface area (Å²) in [5, 5.41) is 3.12. The summed E-state index contributed by atoms with van der Waals surface area (Å²) in [4.78, 5) is 13.2. The van der Waals surface area contributed by atoms with Crippen molar-refractivity contribution in [1.82, 2.24) is 5.32 Å². The highest BCUT2D eigenvalue weighted by atomic mass is 32.2. The van der Waals surface area contributed by atoms with Crippen LogP contribution in [0.5, 0.6) is 11.5 Å². The molecule has 1 fully saturated rings. The molecule has 1 saturated carbocycles. The molecule has 3 rings (SSSR count). The predicted octanol–water partition coefficient (Wildman–Crippen LogP) is 2.18. The number of thioether (sulfide) groups is 1. The van der Waals surface area contributed by atoms with Crippen molar-refractivity contribution in [2.75, 3.05) is 25.5 Å². The van der Waals surface area contributed by atoms with E-state index in [0.29, 0.717) is 32.1 Å². The molecule has 1 aromatic carbocycles. The largest absolute Gasteiger partial charge is 0.486 e. The molecule has 0 bridgehead atoms. The Morgan fingerprint density at radius 3 is 2.78 bits per heavy atom. The van der Waals surface area contributed by atoms with E-state index in [9.17, 15) is 4.79 Å². The van der Waals surface area contributed by atoms with Crippen LogP contribution in [0, 0.1) is 5.92 Å². The van der Waals surface area contributed by atoms with Crippen LogP contribution in [0.1, 0.15) is 26.2 Å². The van der Waals surface area contributed by atoms with Gasteiger partial charge in [-0.1, -0.05) is 0 Å². The Hall–Kier alpha value is -1.40. The van der Waals surface area contributed by atoms with E-state index in [2.05, 4.69) is 12.2 Å². The third-order valence-electron chi connectivity index (χ3n) is 4.44. The summed E-state index contributed by atoms with van der Waals surface area (Å²) in [6.45, 7) is 3.73. The van der Waals surface area contributed by atoms with Gasteiger partial charge in [-0.05, 0) is 43.9 Å². The molecule has 2 aliphatic rings. The van der Waals surface area contributed by atoms with Crippen LogP contribution in [-0.2, 0) is 4.79 Å². The molecule has 5 nitrogen and oxygen atoms in total. The number of carbonyl (C=O) groups is 1. The Morgan fingerprint density at radius 2 is 2.09 bits per heavy atom. The van der Waals surface area contributed by atoms with Crippen LogP contribution in [0.2, 0.25) is 0 Å². The number of rotatable bonds is 7. The monoisotopic (exact) mass is 336 g/mol.